The molecule has 0 N–H and O–H groups in total. The quantitative estimate of drug-likeness (QED) is 0.654. The molecule has 1 aliphatic rings. The zero-order valence-corrected chi connectivity index (χ0v) is 9.50. The van der Waals surface area contributed by atoms with Crippen molar-refractivity contribution in [1.29, 1.82) is 0 Å². The van der Waals surface area contributed by atoms with E-state index in [4.69, 9.17) is 11.6 Å². The summed E-state index contributed by atoms with van der Waals surface area (Å²) >= 11 is 7.86. The number of rotatable bonds is 3. The molecule has 0 aromatic carbocycles. The van der Waals surface area contributed by atoms with Gasteiger partial charge in [0, 0.05) is 36.5 Å². The topological polar surface area (TPSA) is 3.24 Å². The largest absolute Gasteiger partial charge is 0.301 e. The minimum Gasteiger partial charge on any atom is -0.301 e. The number of alkyl halides is 1. The molecule has 1 fully saturated rings. The molecular weight excluding hydrogens is 190 g/mol. The van der Waals surface area contributed by atoms with Gasteiger partial charge in [-0.2, -0.15) is 11.8 Å². The first-order chi connectivity index (χ1) is 5.72. The SMILES string of the molecule is CC(CCl)CN1CCSC(C)C1. The van der Waals surface area contributed by atoms with E-state index in [1.165, 1.54) is 25.4 Å². The second-order valence-corrected chi connectivity index (χ2v) is 5.56. The molecule has 1 saturated heterocycles. The highest BCUT2D eigenvalue weighted by molar-refractivity contribution is 7.99. The van der Waals surface area contributed by atoms with Crippen LogP contribution in [-0.2, 0) is 0 Å². The van der Waals surface area contributed by atoms with Gasteiger partial charge >= 0.3 is 0 Å². The van der Waals surface area contributed by atoms with Gasteiger partial charge < -0.3 is 4.90 Å². The van der Waals surface area contributed by atoms with Gasteiger partial charge in [-0.25, -0.2) is 0 Å². The molecule has 1 nitrogen and oxygen atoms in total. The Morgan fingerprint density at radius 2 is 2.42 bits per heavy atom. The third kappa shape index (κ3) is 3.55. The second kappa shape index (κ2) is 5.36. The van der Waals surface area contributed by atoms with Gasteiger partial charge in [0.05, 0.1) is 0 Å². The Kier molecular flexibility index (Phi) is 4.77. The summed E-state index contributed by atoms with van der Waals surface area (Å²) in [7, 11) is 0. The Morgan fingerprint density at radius 1 is 1.67 bits per heavy atom. The average Bonchev–Trinajstić information content (AvgIpc) is 2.04. The Labute approximate surface area is 84.8 Å². The smallest absolute Gasteiger partial charge is 0.0261 e. The summed E-state index contributed by atoms with van der Waals surface area (Å²) in [6.07, 6.45) is 0. The summed E-state index contributed by atoms with van der Waals surface area (Å²) < 4.78 is 0. The number of hydrogen-bond acceptors (Lipinski definition) is 2. The monoisotopic (exact) mass is 207 g/mol. The van der Waals surface area contributed by atoms with Crippen LogP contribution >= 0.6 is 23.4 Å². The van der Waals surface area contributed by atoms with Crippen LogP contribution in [-0.4, -0.2) is 41.4 Å². The number of nitrogens with zero attached hydrogens (tertiary/aromatic N) is 1. The lowest BCUT2D eigenvalue weighted by Crippen LogP contribution is -2.39. The van der Waals surface area contributed by atoms with Crippen LogP contribution in [0.5, 0.6) is 0 Å². The third-order valence-corrected chi connectivity index (χ3v) is 3.82. The fourth-order valence-electron chi connectivity index (χ4n) is 1.55. The van der Waals surface area contributed by atoms with E-state index < -0.39 is 0 Å². The van der Waals surface area contributed by atoms with Crippen LogP contribution in [0.25, 0.3) is 0 Å². The van der Waals surface area contributed by atoms with Crippen molar-refractivity contribution in [3.63, 3.8) is 0 Å². The second-order valence-electron chi connectivity index (χ2n) is 3.70. The summed E-state index contributed by atoms with van der Waals surface area (Å²) in [5, 5.41) is 0.807. The first-order valence-corrected chi connectivity index (χ1v) is 6.20. The molecular formula is C9H18ClNS. The maximum atomic E-state index is 5.78. The number of halogens is 1. The van der Waals surface area contributed by atoms with E-state index in [-0.39, 0.29) is 0 Å². The van der Waals surface area contributed by atoms with Crippen LogP contribution < -0.4 is 0 Å². The van der Waals surface area contributed by atoms with Crippen LogP contribution in [0.15, 0.2) is 0 Å². The predicted molar refractivity (Wildman–Crippen MR) is 58.2 cm³/mol. The Balaban J connectivity index is 2.22. The molecule has 2 atom stereocenters. The summed E-state index contributed by atoms with van der Waals surface area (Å²) in [4.78, 5) is 2.54. The molecule has 72 valence electrons. The van der Waals surface area contributed by atoms with Gasteiger partial charge in [0.15, 0.2) is 0 Å². The molecule has 0 aliphatic carbocycles. The standard InChI is InChI=1S/C9H18ClNS/c1-8(5-10)6-11-3-4-12-9(2)7-11/h8-9H,3-7H2,1-2H3. The lowest BCUT2D eigenvalue weighted by Gasteiger charge is -2.31. The number of thioether (sulfide) groups is 1. The first kappa shape index (κ1) is 10.7. The lowest BCUT2D eigenvalue weighted by atomic mass is 10.2. The molecule has 0 bridgehead atoms. The van der Waals surface area contributed by atoms with Crippen molar-refractivity contribution in [3.05, 3.63) is 0 Å². The van der Waals surface area contributed by atoms with Gasteiger partial charge in [0.1, 0.15) is 0 Å². The molecule has 0 amide bonds. The Morgan fingerprint density at radius 3 is 3.00 bits per heavy atom. The van der Waals surface area contributed by atoms with Crippen LogP contribution in [0, 0.1) is 5.92 Å². The molecule has 1 rings (SSSR count). The molecule has 0 aromatic rings. The highest BCUT2D eigenvalue weighted by Crippen LogP contribution is 2.18. The minimum absolute atomic E-state index is 0.641. The molecule has 3 heteroatoms. The van der Waals surface area contributed by atoms with E-state index in [9.17, 15) is 0 Å². The molecule has 0 radical (unpaired) electrons. The predicted octanol–water partition coefficient (Wildman–Crippen LogP) is 2.30. The minimum atomic E-state index is 0.641. The van der Waals surface area contributed by atoms with E-state index >= 15 is 0 Å². The fourth-order valence-corrected chi connectivity index (χ4v) is 2.73. The molecule has 0 spiro atoms. The van der Waals surface area contributed by atoms with Gasteiger partial charge in [-0.05, 0) is 5.92 Å². The van der Waals surface area contributed by atoms with E-state index in [1.807, 2.05) is 0 Å². The first-order valence-electron chi connectivity index (χ1n) is 4.62. The molecule has 2 unspecified atom stereocenters. The van der Waals surface area contributed by atoms with Crippen molar-refractivity contribution in [3.8, 4) is 0 Å². The third-order valence-electron chi connectivity index (χ3n) is 2.16. The summed E-state index contributed by atoms with van der Waals surface area (Å²) in [5.41, 5.74) is 0. The zero-order chi connectivity index (χ0) is 8.97. The van der Waals surface area contributed by atoms with Crippen LogP contribution in [0.2, 0.25) is 0 Å². The van der Waals surface area contributed by atoms with Gasteiger partial charge in [-0.1, -0.05) is 13.8 Å². The van der Waals surface area contributed by atoms with Crippen molar-refractivity contribution in [2.75, 3.05) is 31.3 Å². The van der Waals surface area contributed by atoms with Gasteiger partial charge in [-0.15, -0.1) is 11.6 Å². The van der Waals surface area contributed by atoms with E-state index in [2.05, 4.69) is 30.5 Å². The maximum Gasteiger partial charge on any atom is 0.0261 e. The van der Waals surface area contributed by atoms with E-state index in [0.717, 1.165) is 11.1 Å². The van der Waals surface area contributed by atoms with Gasteiger partial charge in [-0.3, -0.25) is 0 Å². The van der Waals surface area contributed by atoms with Crippen molar-refractivity contribution in [2.24, 2.45) is 5.92 Å². The van der Waals surface area contributed by atoms with Crippen molar-refractivity contribution in [1.82, 2.24) is 4.90 Å². The van der Waals surface area contributed by atoms with Crippen LogP contribution in [0.4, 0.5) is 0 Å². The van der Waals surface area contributed by atoms with Gasteiger partial charge in [0.2, 0.25) is 0 Å². The molecule has 1 aliphatic heterocycles. The molecule has 0 aromatic heterocycles. The number of hydrogen-bond donors (Lipinski definition) is 0. The Hall–Kier alpha value is 0.600. The summed E-state index contributed by atoms with van der Waals surface area (Å²) in [5.74, 6) is 2.72. The highest BCUT2D eigenvalue weighted by Gasteiger charge is 2.17. The van der Waals surface area contributed by atoms with E-state index in [1.54, 1.807) is 0 Å². The molecule has 0 saturated carbocycles. The maximum absolute atomic E-state index is 5.78. The van der Waals surface area contributed by atoms with Crippen LogP contribution in [0.1, 0.15) is 13.8 Å². The van der Waals surface area contributed by atoms with Crippen molar-refractivity contribution < 1.29 is 0 Å². The summed E-state index contributed by atoms with van der Waals surface area (Å²) in [6, 6.07) is 0. The highest BCUT2D eigenvalue weighted by atomic mass is 35.5. The van der Waals surface area contributed by atoms with E-state index in [0.29, 0.717) is 5.92 Å². The van der Waals surface area contributed by atoms with Crippen LogP contribution in [0.3, 0.4) is 0 Å². The van der Waals surface area contributed by atoms with Crippen molar-refractivity contribution >= 4 is 23.4 Å². The average molecular weight is 208 g/mol. The van der Waals surface area contributed by atoms with Crippen molar-refractivity contribution in [2.45, 2.75) is 19.1 Å². The van der Waals surface area contributed by atoms with Gasteiger partial charge in [0.25, 0.3) is 0 Å². The lowest BCUT2D eigenvalue weighted by molar-refractivity contribution is 0.256. The normalized spacial score (nSPS) is 28.8. The Bertz CT molecular complexity index is 132. The zero-order valence-electron chi connectivity index (χ0n) is 7.92. The summed E-state index contributed by atoms with van der Waals surface area (Å²) in [6.45, 7) is 8.19. The molecule has 1 heterocycles. The molecule has 12 heavy (non-hydrogen) atoms. The fraction of sp³-hybridized carbons (Fsp3) is 1.00.